The average Bonchev–Trinajstić information content (AvgIpc) is 3.26. The van der Waals surface area contributed by atoms with E-state index in [2.05, 4.69) is 20.8 Å². The molecule has 8 nitrogen and oxygen atoms in total. The fraction of sp³-hybridized carbons (Fsp3) is 0.200. The standard InChI is InChI=1S/C20H18N4O4/c1-27-16-4-2-3-14-15(9-17(25)23-18(14)16)20(26)21-10-12-5-7-13(8-6-12)19-22-11-28-24-19/h2-8,11,15H,9-10H2,1H3,(H,21,26)(H,23,25)/t15-/m0/s1. The van der Waals surface area contributed by atoms with Crippen LogP contribution in [0.3, 0.4) is 0 Å². The second kappa shape index (κ2) is 7.51. The molecule has 2 aromatic carbocycles. The minimum atomic E-state index is -0.558. The van der Waals surface area contributed by atoms with E-state index >= 15 is 0 Å². The van der Waals surface area contributed by atoms with Crippen LogP contribution in [-0.2, 0) is 16.1 Å². The van der Waals surface area contributed by atoms with Crippen molar-refractivity contribution in [1.29, 1.82) is 0 Å². The van der Waals surface area contributed by atoms with Crippen LogP contribution in [0.4, 0.5) is 5.69 Å². The Bertz CT molecular complexity index is 1000. The van der Waals surface area contributed by atoms with E-state index in [-0.39, 0.29) is 18.2 Å². The van der Waals surface area contributed by atoms with Gasteiger partial charge in [-0.05, 0) is 17.2 Å². The third-order valence-electron chi connectivity index (χ3n) is 4.66. The predicted molar refractivity (Wildman–Crippen MR) is 101 cm³/mol. The van der Waals surface area contributed by atoms with Gasteiger partial charge in [0.2, 0.25) is 24.0 Å². The molecule has 4 rings (SSSR count). The van der Waals surface area contributed by atoms with Gasteiger partial charge in [-0.1, -0.05) is 41.6 Å². The predicted octanol–water partition coefficient (Wildman–Crippen LogP) is 2.49. The first kappa shape index (κ1) is 17.7. The van der Waals surface area contributed by atoms with Crippen LogP contribution in [-0.4, -0.2) is 29.1 Å². The molecule has 2 heterocycles. The lowest BCUT2D eigenvalue weighted by Gasteiger charge is -2.26. The number of hydrogen-bond acceptors (Lipinski definition) is 6. The fourth-order valence-corrected chi connectivity index (χ4v) is 3.24. The molecule has 1 aliphatic rings. The normalized spacial score (nSPS) is 15.5. The molecular formula is C20H18N4O4. The zero-order valence-corrected chi connectivity index (χ0v) is 15.1. The highest BCUT2D eigenvalue weighted by molar-refractivity contribution is 6.02. The van der Waals surface area contributed by atoms with Gasteiger partial charge in [-0.25, -0.2) is 0 Å². The number of aromatic nitrogens is 2. The first-order valence-corrected chi connectivity index (χ1v) is 8.76. The molecule has 0 aliphatic carbocycles. The summed E-state index contributed by atoms with van der Waals surface area (Å²) in [7, 11) is 1.53. The Kier molecular flexibility index (Phi) is 4.76. The molecule has 1 aliphatic heterocycles. The van der Waals surface area contributed by atoms with Gasteiger partial charge in [-0.15, -0.1) is 0 Å². The minimum absolute atomic E-state index is 0.1000. The number of fused-ring (bicyclic) bond motifs is 1. The van der Waals surface area contributed by atoms with Gasteiger partial charge >= 0.3 is 0 Å². The van der Waals surface area contributed by atoms with Crippen molar-refractivity contribution in [1.82, 2.24) is 15.5 Å². The molecule has 0 unspecified atom stereocenters. The summed E-state index contributed by atoms with van der Waals surface area (Å²) in [6.07, 6.45) is 1.37. The number of carbonyl (C=O) groups excluding carboxylic acids is 2. The summed E-state index contributed by atoms with van der Waals surface area (Å²) in [6.45, 7) is 0.350. The first-order valence-electron chi connectivity index (χ1n) is 8.76. The summed E-state index contributed by atoms with van der Waals surface area (Å²) in [5.41, 5.74) is 3.07. The monoisotopic (exact) mass is 378 g/mol. The highest BCUT2D eigenvalue weighted by atomic mass is 16.5. The summed E-state index contributed by atoms with van der Waals surface area (Å²) < 4.78 is 10.0. The lowest BCUT2D eigenvalue weighted by atomic mass is 9.89. The molecule has 2 amide bonds. The maximum atomic E-state index is 12.8. The second-order valence-corrected chi connectivity index (χ2v) is 6.40. The molecule has 0 bridgehead atoms. The quantitative estimate of drug-likeness (QED) is 0.706. The van der Waals surface area contributed by atoms with Gasteiger partial charge in [0.1, 0.15) is 5.75 Å². The largest absolute Gasteiger partial charge is 0.495 e. The summed E-state index contributed by atoms with van der Waals surface area (Å²) in [5, 5.41) is 9.50. The molecule has 1 aromatic heterocycles. The van der Waals surface area contributed by atoms with E-state index in [4.69, 9.17) is 9.26 Å². The first-order chi connectivity index (χ1) is 13.7. The Morgan fingerprint density at radius 3 is 2.82 bits per heavy atom. The number of para-hydroxylation sites is 1. The Balaban J connectivity index is 1.47. The summed E-state index contributed by atoms with van der Waals surface area (Å²) in [6, 6.07) is 12.9. The van der Waals surface area contributed by atoms with Gasteiger partial charge in [0.25, 0.3) is 0 Å². The van der Waals surface area contributed by atoms with Crippen LogP contribution in [0.25, 0.3) is 11.4 Å². The molecule has 0 saturated heterocycles. The maximum Gasteiger partial charge on any atom is 0.228 e. The van der Waals surface area contributed by atoms with Crippen molar-refractivity contribution in [3.8, 4) is 17.1 Å². The summed E-state index contributed by atoms with van der Waals surface area (Å²) in [4.78, 5) is 28.8. The van der Waals surface area contributed by atoms with Crippen molar-refractivity contribution in [2.24, 2.45) is 0 Å². The number of benzene rings is 2. The molecule has 142 valence electrons. The van der Waals surface area contributed by atoms with Gasteiger partial charge in [-0.2, -0.15) is 4.98 Å². The van der Waals surface area contributed by atoms with Gasteiger partial charge in [0.05, 0.1) is 18.7 Å². The molecule has 8 heteroatoms. The maximum absolute atomic E-state index is 12.8. The lowest BCUT2D eigenvalue weighted by Crippen LogP contribution is -2.34. The van der Waals surface area contributed by atoms with Crippen LogP contribution >= 0.6 is 0 Å². The lowest BCUT2D eigenvalue weighted by molar-refractivity contribution is -0.126. The average molecular weight is 378 g/mol. The van der Waals surface area contributed by atoms with E-state index < -0.39 is 5.92 Å². The highest BCUT2D eigenvalue weighted by Gasteiger charge is 2.32. The topological polar surface area (TPSA) is 106 Å². The van der Waals surface area contributed by atoms with Crippen molar-refractivity contribution in [3.05, 3.63) is 60.0 Å². The molecule has 1 atom stereocenters. The number of carbonyl (C=O) groups is 2. The Labute approximate surface area is 160 Å². The third-order valence-corrected chi connectivity index (χ3v) is 4.66. The molecule has 0 fully saturated rings. The number of nitrogens with zero attached hydrogens (tertiary/aromatic N) is 2. The minimum Gasteiger partial charge on any atom is -0.495 e. The van der Waals surface area contributed by atoms with Gasteiger partial charge in [-0.3, -0.25) is 9.59 Å². The summed E-state index contributed by atoms with van der Waals surface area (Å²) >= 11 is 0. The van der Waals surface area contributed by atoms with Crippen molar-refractivity contribution >= 4 is 17.5 Å². The van der Waals surface area contributed by atoms with E-state index in [1.807, 2.05) is 36.4 Å². The van der Waals surface area contributed by atoms with Crippen molar-refractivity contribution < 1.29 is 18.8 Å². The van der Waals surface area contributed by atoms with Crippen LogP contribution in [0, 0.1) is 0 Å². The van der Waals surface area contributed by atoms with Crippen molar-refractivity contribution in [2.75, 3.05) is 12.4 Å². The van der Waals surface area contributed by atoms with E-state index in [1.165, 1.54) is 13.5 Å². The Morgan fingerprint density at radius 1 is 1.29 bits per heavy atom. The number of hydrogen-bond donors (Lipinski definition) is 2. The zero-order chi connectivity index (χ0) is 19.5. The molecule has 3 aromatic rings. The number of amides is 2. The van der Waals surface area contributed by atoms with Crippen LogP contribution < -0.4 is 15.4 Å². The SMILES string of the molecule is COc1cccc2c1NC(=O)C[C@@H]2C(=O)NCc1ccc(-c2ncon2)cc1. The third kappa shape index (κ3) is 3.44. The molecule has 28 heavy (non-hydrogen) atoms. The molecule has 2 N–H and O–H groups in total. The van der Waals surface area contributed by atoms with Crippen LogP contribution in [0.1, 0.15) is 23.5 Å². The van der Waals surface area contributed by atoms with Gasteiger partial charge in [0.15, 0.2) is 0 Å². The van der Waals surface area contributed by atoms with E-state index in [0.717, 1.165) is 16.7 Å². The smallest absolute Gasteiger partial charge is 0.228 e. The number of nitrogens with one attached hydrogen (secondary N) is 2. The van der Waals surface area contributed by atoms with Crippen molar-refractivity contribution in [2.45, 2.75) is 18.9 Å². The molecule has 0 radical (unpaired) electrons. The summed E-state index contributed by atoms with van der Waals surface area (Å²) in [5.74, 6) is 0.0837. The second-order valence-electron chi connectivity index (χ2n) is 6.40. The van der Waals surface area contributed by atoms with Crippen molar-refractivity contribution in [3.63, 3.8) is 0 Å². The zero-order valence-electron chi connectivity index (χ0n) is 15.1. The van der Waals surface area contributed by atoms with Crippen LogP contribution in [0.5, 0.6) is 5.75 Å². The molecule has 0 spiro atoms. The number of ether oxygens (including phenoxy) is 1. The van der Waals surface area contributed by atoms with E-state index in [1.54, 1.807) is 6.07 Å². The number of anilines is 1. The van der Waals surface area contributed by atoms with Gasteiger partial charge < -0.3 is 19.9 Å². The van der Waals surface area contributed by atoms with Gasteiger partial charge in [0, 0.05) is 18.5 Å². The highest BCUT2D eigenvalue weighted by Crippen LogP contribution is 2.38. The van der Waals surface area contributed by atoms with Crippen LogP contribution in [0.15, 0.2) is 53.4 Å². The number of rotatable bonds is 5. The molecular weight excluding hydrogens is 360 g/mol. The number of methoxy groups -OCH3 is 1. The van der Waals surface area contributed by atoms with E-state index in [9.17, 15) is 9.59 Å². The fourth-order valence-electron chi connectivity index (χ4n) is 3.24. The molecule has 0 saturated carbocycles. The van der Waals surface area contributed by atoms with Crippen LogP contribution in [0.2, 0.25) is 0 Å². The van der Waals surface area contributed by atoms with E-state index in [0.29, 0.717) is 23.8 Å². The Morgan fingerprint density at radius 2 is 2.11 bits per heavy atom. The Hall–Kier alpha value is -3.68.